The fraction of sp³-hybridized carbons (Fsp3) is 0.909. The number of nitrogens with two attached hydrogens (primary N) is 1. The maximum absolute atomic E-state index is 11.6. The summed E-state index contributed by atoms with van der Waals surface area (Å²) in [6, 6.07) is -0.444. The number of carbonyl (C=O) groups excluding carboxylic acids is 1. The van der Waals surface area contributed by atoms with Gasteiger partial charge in [0.05, 0.1) is 0 Å². The molecule has 0 unspecified atom stereocenters. The molecule has 0 heterocycles. The van der Waals surface area contributed by atoms with E-state index in [-0.39, 0.29) is 18.0 Å². The molecule has 0 aliphatic heterocycles. The molecule has 82 valence electrons. The van der Waals surface area contributed by atoms with Crippen molar-refractivity contribution < 1.29 is 9.53 Å². The number of hydrogen-bond acceptors (Lipinski definition) is 3. The molecule has 1 rings (SSSR count). The molecule has 14 heavy (non-hydrogen) atoms. The number of hydrogen-bond donors (Lipinski definition) is 1. The topological polar surface area (TPSA) is 52.3 Å². The smallest absolute Gasteiger partial charge is 0.323 e. The monoisotopic (exact) mass is 199 g/mol. The molecule has 0 aromatic carbocycles. The van der Waals surface area contributed by atoms with Gasteiger partial charge in [-0.3, -0.25) is 4.79 Å². The van der Waals surface area contributed by atoms with E-state index in [4.69, 9.17) is 10.5 Å². The van der Waals surface area contributed by atoms with Crippen LogP contribution in [0.4, 0.5) is 0 Å². The molecule has 3 nitrogen and oxygen atoms in total. The number of rotatable bonds is 4. The van der Waals surface area contributed by atoms with E-state index in [1.165, 1.54) is 12.8 Å². The predicted molar refractivity (Wildman–Crippen MR) is 55.8 cm³/mol. The molecule has 1 aliphatic rings. The van der Waals surface area contributed by atoms with Gasteiger partial charge in [0.2, 0.25) is 0 Å². The minimum absolute atomic E-state index is 0.137. The molecular formula is C11H21NO2. The van der Waals surface area contributed by atoms with Gasteiger partial charge in [-0.1, -0.05) is 20.3 Å². The van der Waals surface area contributed by atoms with Crippen LogP contribution in [0.5, 0.6) is 0 Å². The Morgan fingerprint density at radius 3 is 2.57 bits per heavy atom. The van der Waals surface area contributed by atoms with Crippen LogP contribution >= 0.6 is 0 Å². The van der Waals surface area contributed by atoms with E-state index in [1.807, 2.05) is 13.8 Å². The summed E-state index contributed by atoms with van der Waals surface area (Å²) in [5.41, 5.74) is 5.77. The van der Waals surface area contributed by atoms with Crippen LogP contribution in [-0.4, -0.2) is 18.1 Å². The summed E-state index contributed by atoms with van der Waals surface area (Å²) in [6.45, 7) is 4.02. The Labute approximate surface area is 86.0 Å². The molecule has 1 aliphatic carbocycles. The molecule has 2 N–H and O–H groups in total. The highest BCUT2D eigenvalue weighted by molar-refractivity contribution is 5.76. The third-order valence-electron chi connectivity index (χ3n) is 3.11. The summed E-state index contributed by atoms with van der Waals surface area (Å²) < 4.78 is 5.33. The fourth-order valence-corrected chi connectivity index (χ4v) is 1.74. The first-order chi connectivity index (χ1) is 6.65. The van der Waals surface area contributed by atoms with E-state index in [0.29, 0.717) is 0 Å². The molecule has 1 saturated carbocycles. The lowest BCUT2D eigenvalue weighted by Crippen LogP contribution is -2.39. The highest BCUT2D eigenvalue weighted by Gasteiger charge is 2.25. The van der Waals surface area contributed by atoms with Gasteiger partial charge in [0.25, 0.3) is 0 Å². The van der Waals surface area contributed by atoms with E-state index in [1.54, 1.807) is 0 Å². The van der Waals surface area contributed by atoms with Crippen molar-refractivity contribution in [3.8, 4) is 0 Å². The van der Waals surface area contributed by atoms with E-state index in [0.717, 1.165) is 19.3 Å². The molecule has 0 amide bonds. The summed E-state index contributed by atoms with van der Waals surface area (Å²) >= 11 is 0. The van der Waals surface area contributed by atoms with Gasteiger partial charge in [-0.05, 0) is 31.6 Å². The zero-order valence-corrected chi connectivity index (χ0v) is 9.16. The van der Waals surface area contributed by atoms with Crippen molar-refractivity contribution in [1.29, 1.82) is 0 Å². The largest absolute Gasteiger partial charge is 0.461 e. The molecule has 0 spiro atoms. The molecule has 0 radical (unpaired) electrons. The van der Waals surface area contributed by atoms with E-state index >= 15 is 0 Å². The van der Waals surface area contributed by atoms with E-state index in [9.17, 15) is 4.79 Å². The second-order valence-corrected chi connectivity index (χ2v) is 4.25. The van der Waals surface area contributed by atoms with E-state index in [2.05, 4.69) is 0 Å². The number of ether oxygens (including phenoxy) is 1. The van der Waals surface area contributed by atoms with Gasteiger partial charge in [0.15, 0.2) is 0 Å². The normalized spacial score (nSPS) is 21.9. The molecule has 1 fully saturated rings. The van der Waals surface area contributed by atoms with Crippen LogP contribution in [0.25, 0.3) is 0 Å². The zero-order chi connectivity index (χ0) is 10.6. The summed E-state index contributed by atoms with van der Waals surface area (Å²) in [7, 11) is 0. The van der Waals surface area contributed by atoms with Crippen LogP contribution in [0.2, 0.25) is 0 Å². The maximum Gasteiger partial charge on any atom is 0.323 e. The van der Waals surface area contributed by atoms with Crippen molar-refractivity contribution in [2.24, 2.45) is 11.7 Å². The van der Waals surface area contributed by atoms with Crippen molar-refractivity contribution in [3.05, 3.63) is 0 Å². The second-order valence-electron chi connectivity index (χ2n) is 4.25. The average molecular weight is 199 g/mol. The van der Waals surface area contributed by atoms with Crippen LogP contribution in [0, 0.1) is 5.92 Å². The van der Waals surface area contributed by atoms with Crippen molar-refractivity contribution in [2.45, 2.75) is 58.1 Å². The zero-order valence-electron chi connectivity index (χ0n) is 9.16. The van der Waals surface area contributed by atoms with Gasteiger partial charge in [-0.15, -0.1) is 0 Å². The molecule has 2 atom stereocenters. The minimum atomic E-state index is -0.444. The van der Waals surface area contributed by atoms with Gasteiger partial charge in [-0.2, -0.15) is 0 Å². The maximum atomic E-state index is 11.6. The van der Waals surface area contributed by atoms with Crippen LogP contribution in [0.1, 0.15) is 46.0 Å². The van der Waals surface area contributed by atoms with Gasteiger partial charge in [0, 0.05) is 0 Å². The van der Waals surface area contributed by atoms with Crippen molar-refractivity contribution in [2.75, 3.05) is 0 Å². The molecule has 0 aromatic rings. The van der Waals surface area contributed by atoms with Crippen molar-refractivity contribution in [1.82, 2.24) is 0 Å². The van der Waals surface area contributed by atoms with Crippen molar-refractivity contribution in [3.63, 3.8) is 0 Å². The minimum Gasteiger partial charge on any atom is -0.461 e. The third-order valence-corrected chi connectivity index (χ3v) is 3.11. The third kappa shape index (κ3) is 2.98. The summed E-state index contributed by atoms with van der Waals surface area (Å²) in [5.74, 6) is -0.00449. The van der Waals surface area contributed by atoms with Crippen LogP contribution in [0.3, 0.4) is 0 Å². The molecule has 0 bridgehead atoms. The van der Waals surface area contributed by atoms with Gasteiger partial charge in [-0.25, -0.2) is 0 Å². The second kappa shape index (κ2) is 5.35. The summed E-state index contributed by atoms with van der Waals surface area (Å²) in [6.07, 6.45) is 5.43. The SMILES string of the molecule is CC[C@@H](C)[C@H](N)C(=O)OC1CCCC1. The first kappa shape index (κ1) is 11.5. The highest BCUT2D eigenvalue weighted by atomic mass is 16.5. The summed E-state index contributed by atoms with van der Waals surface area (Å²) in [5, 5.41) is 0. The average Bonchev–Trinajstić information content (AvgIpc) is 2.68. The lowest BCUT2D eigenvalue weighted by Gasteiger charge is -2.19. The predicted octanol–water partition coefficient (Wildman–Crippen LogP) is 1.85. The molecular weight excluding hydrogens is 178 g/mol. The Balaban J connectivity index is 2.32. The number of esters is 1. The Kier molecular flexibility index (Phi) is 4.39. The Hall–Kier alpha value is -0.570. The van der Waals surface area contributed by atoms with Crippen LogP contribution < -0.4 is 5.73 Å². The quantitative estimate of drug-likeness (QED) is 0.703. The molecule has 0 saturated heterocycles. The Morgan fingerprint density at radius 2 is 2.07 bits per heavy atom. The van der Waals surface area contributed by atoms with Crippen LogP contribution in [-0.2, 0) is 9.53 Å². The van der Waals surface area contributed by atoms with Gasteiger partial charge < -0.3 is 10.5 Å². The van der Waals surface area contributed by atoms with Crippen molar-refractivity contribution >= 4 is 5.97 Å². The standard InChI is InChI=1S/C11H21NO2/c1-3-8(2)10(12)11(13)14-9-6-4-5-7-9/h8-10H,3-7,12H2,1-2H3/t8-,10+/m1/s1. The lowest BCUT2D eigenvalue weighted by molar-refractivity contribution is -0.151. The van der Waals surface area contributed by atoms with Gasteiger partial charge in [0.1, 0.15) is 12.1 Å². The first-order valence-corrected chi connectivity index (χ1v) is 5.61. The first-order valence-electron chi connectivity index (χ1n) is 5.61. The van der Waals surface area contributed by atoms with E-state index < -0.39 is 6.04 Å². The Bertz CT molecular complexity index is 188. The number of carbonyl (C=O) groups is 1. The molecule has 0 aromatic heterocycles. The van der Waals surface area contributed by atoms with Gasteiger partial charge >= 0.3 is 5.97 Å². The van der Waals surface area contributed by atoms with Crippen LogP contribution in [0.15, 0.2) is 0 Å². The lowest BCUT2D eigenvalue weighted by atomic mass is 10.0. The fourth-order valence-electron chi connectivity index (χ4n) is 1.74. The summed E-state index contributed by atoms with van der Waals surface area (Å²) in [4.78, 5) is 11.6. The molecule has 3 heteroatoms. The Morgan fingerprint density at radius 1 is 1.50 bits per heavy atom. The highest BCUT2D eigenvalue weighted by Crippen LogP contribution is 2.21.